The van der Waals surface area contributed by atoms with E-state index >= 15 is 0 Å². The summed E-state index contributed by atoms with van der Waals surface area (Å²) >= 11 is 0. The summed E-state index contributed by atoms with van der Waals surface area (Å²) in [4.78, 5) is 22.1. The molecule has 1 aliphatic heterocycles. The van der Waals surface area contributed by atoms with Crippen LogP contribution in [0.3, 0.4) is 0 Å². The molecule has 1 aromatic carbocycles. The first-order valence-electron chi connectivity index (χ1n) is 8.61. The Balaban J connectivity index is 1.60. The Kier molecular flexibility index (Phi) is 5.86. The maximum Gasteiger partial charge on any atom is 0.416 e. The Morgan fingerprint density at radius 1 is 1.18 bits per heavy atom. The highest BCUT2D eigenvalue weighted by Gasteiger charge is 2.30. The van der Waals surface area contributed by atoms with Crippen molar-refractivity contribution >= 4 is 11.7 Å². The normalized spacial score (nSPS) is 17.1. The number of ether oxygens (including phenoxy) is 2. The molecule has 7 nitrogen and oxygen atoms in total. The molecule has 1 aromatic heterocycles. The molecule has 1 aliphatic rings. The Hall–Kier alpha value is -3.04. The van der Waals surface area contributed by atoms with Crippen LogP contribution in [0.15, 0.2) is 36.7 Å². The number of hydrogen-bond donors (Lipinski definition) is 1. The van der Waals surface area contributed by atoms with Gasteiger partial charge in [-0.2, -0.15) is 13.2 Å². The van der Waals surface area contributed by atoms with Gasteiger partial charge in [-0.25, -0.2) is 14.8 Å². The molecule has 10 heteroatoms. The number of alkyl halides is 3. The van der Waals surface area contributed by atoms with Crippen LogP contribution in [0.1, 0.15) is 18.4 Å². The van der Waals surface area contributed by atoms with Crippen molar-refractivity contribution < 1.29 is 27.4 Å². The molecule has 1 fully saturated rings. The Morgan fingerprint density at radius 2 is 1.86 bits per heavy atom. The molecule has 1 N–H and O–H groups in total. The second-order valence-corrected chi connectivity index (χ2v) is 6.20. The molecule has 2 heterocycles. The monoisotopic (exact) mass is 396 g/mol. The van der Waals surface area contributed by atoms with E-state index in [1.54, 1.807) is 4.90 Å². The van der Waals surface area contributed by atoms with Gasteiger partial charge in [0.15, 0.2) is 0 Å². The second-order valence-electron chi connectivity index (χ2n) is 6.20. The summed E-state index contributed by atoms with van der Waals surface area (Å²) in [6, 6.07) is 3.90. The fourth-order valence-corrected chi connectivity index (χ4v) is 2.86. The number of nitrogens with zero attached hydrogens (tertiary/aromatic N) is 3. The first-order valence-corrected chi connectivity index (χ1v) is 8.61. The summed E-state index contributed by atoms with van der Waals surface area (Å²) in [7, 11) is 1.46. The molecule has 0 spiro atoms. The van der Waals surface area contributed by atoms with Crippen LogP contribution in [0.25, 0.3) is 0 Å². The van der Waals surface area contributed by atoms with Gasteiger partial charge in [-0.3, -0.25) is 0 Å². The van der Waals surface area contributed by atoms with E-state index in [2.05, 4.69) is 15.3 Å². The van der Waals surface area contributed by atoms with Gasteiger partial charge in [0.1, 0.15) is 6.10 Å². The van der Waals surface area contributed by atoms with Crippen molar-refractivity contribution in [3.05, 3.63) is 42.2 Å². The Labute approximate surface area is 159 Å². The lowest BCUT2D eigenvalue weighted by molar-refractivity contribution is -0.137. The zero-order valence-corrected chi connectivity index (χ0v) is 15.1. The number of amides is 2. The van der Waals surface area contributed by atoms with Crippen LogP contribution in [0.4, 0.5) is 23.7 Å². The minimum Gasteiger partial charge on any atom is -0.477 e. The van der Waals surface area contributed by atoms with Crippen molar-refractivity contribution in [3.8, 4) is 11.8 Å². The predicted octanol–water partition coefficient (Wildman–Crippen LogP) is 3.58. The van der Waals surface area contributed by atoms with Crippen molar-refractivity contribution in [2.75, 3.05) is 25.5 Å². The average Bonchev–Trinajstić information content (AvgIpc) is 2.68. The van der Waals surface area contributed by atoms with E-state index in [0.29, 0.717) is 19.5 Å². The van der Waals surface area contributed by atoms with Gasteiger partial charge < -0.3 is 19.7 Å². The van der Waals surface area contributed by atoms with Crippen LogP contribution in [-0.2, 0) is 6.18 Å². The molecule has 1 unspecified atom stereocenters. The summed E-state index contributed by atoms with van der Waals surface area (Å²) in [6.45, 7) is 0.829. The third-order valence-electron chi connectivity index (χ3n) is 4.23. The number of anilines is 1. The maximum absolute atomic E-state index is 12.6. The molecule has 1 atom stereocenters. The van der Waals surface area contributed by atoms with Gasteiger partial charge in [0.25, 0.3) is 11.8 Å². The summed E-state index contributed by atoms with van der Waals surface area (Å²) in [5, 5.41) is 2.61. The number of urea groups is 1. The van der Waals surface area contributed by atoms with Crippen molar-refractivity contribution in [2.24, 2.45) is 0 Å². The van der Waals surface area contributed by atoms with E-state index in [0.717, 1.165) is 18.6 Å². The number of benzene rings is 1. The molecule has 2 aromatic rings. The smallest absolute Gasteiger partial charge is 0.416 e. The number of methoxy groups -OCH3 is 1. The lowest BCUT2D eigenvalue weighted by Gasteiger charge is -2.32. The third-order valence-corrected chi connectivity index (χ3v) is 4.23. The molecule has 1 saturated heterocycles. The summed E-state index contributed by atoms with van der Waals surface area (Å²) < 4.78 is 48.8. The van der Waals surface area contributed by atoms with Crippen LogP contribution in [0, 0.1) is 0 Å². The zero-order valence-electron chi connectivity index (χ0n) is 15.1. The number of halogens is 3. The van der Waals surface area contributed by atoms with Gasteiger partial charge in [0.2, 0.25) is 0 Å². The molecule has 0 bridgehead atoms. The van der Waals surface area contributed by atoms with E-state index in [-0.39, 0.29) is 23.6 Å². The highest BCUT2D eigenvalue weighted by atomic mass is 19.4. The zero-order chi connectivity index (χ0) is 20.1. The fraction of sp³-hybridized carbons (Fsp3) is 0.389. The molecule has 150 valence electrons. The lowest BCUT2D eigenvalue weighted by atomic mass is 10.1. The SMILES string of the molecule is COc1nccnc1OC1CCCN(C(=O)Nc2ccc(C(F)(F)F)cc2)C1. The third kappa shape index (κ3) is 4.81. The van der Waals surface area contributed by atoms with Crippen molar-refractivity contribution in [1.82, 2.24) is 14.9 Å². The fourth-order valence-electron chi connectivity index (χ4n) is 2.86. The molecule has 0 aliphatic carbocycles. The van der Waals surface area contributed by atoms with E-state index < -0.39 is 17.8 Å². The summed E-state index contributed by atoms with van der Waals surface area (Å²) in [6.07, 6.45) is -0.303. The largest absolute Gasteiger partial charge is 0.477 e. The highest BCUT2D eigenvalue weighted by molar-refractivity contribution is 5.89. The molecule has 0 radical (unpaired) electrons. The first kappa shape index (κ1) is 19.7. The minimum atomic E-state index is -4.42. The van der Waals surface area contributed by atoms with Gasteiger partial charge in [-0.1, -0.05) is 0 Å². The molecular weight excluding hydrogens is 377 g/mol. The number of carbonyl (C=O) groups excluding carboxylic acids is 1. The molecule has 0 saturated carbocycles. The van der Waals surface area contributed by atoms with Crippen molar-refractivity contribution in [3.63, 3.8) is 0 Å². The van der Waals surface area contributed by atoms with Crippen LogP contribution in [-0.4, -0.2) is 47.2 Å². The van der Waals surface area contributed by atoms with Gasteiger partial charge in [-0.05, 0) is 37.1 Å². The highest BCUT2D eigenvalue weighted by Crippen LogP contribution is 2.30. The quantitative estimate of drug-likeness (QED) is 0.855. The number of aromatic nitrogens is 2. The average molecular weight is 396 g/mol. The second kappa shape index (κ2) is 8.32. The van der Waals surface area contributed by atoms with Gasteiger partial charge in [0.05, 0.1) is 19.2 Å². The number of rotatable bonds is 4. The van der Waals surface area contributed by atoms with E-state index in [1.807, 2.05) is 0 Å². The van der Waals surface area contributed by atoms with Gasteiger partial charge in [0, 0.05) is 24.6 Å². The molecular formula is C18H19F3N4O3. The summed E-state index contributed by atoms with van der Waals surface area (Å²) in [5.41, 5.74) is -0.480. The van der Waals surface area contributed by atoms with Crippen LogP contribution in [0.2, 0.25) is 0 Å². The molecule has 3 rings (SSSR count). The topological polar surface area (TPSA) is 76.6 Å². The number of carbonyl (C=O) groups is 1. The number of hydrogen-bond acceptors (Lipinski definition) is 5. The lowest BCUT2D eigenvalue weighted by Crippen LogP contribution is -2.46. The standard InChI is InChI=1S/C18H19F3N4O3/c1-27-15-16(23-9-8-22-15)28-14-3-2-10-25(11-14)17(26)24-13-6-4-12(5-7-13)18(19,20)21/h4-9,14H,2-3,10-11H2,1H3,(H,24,26). The predicted molar refractivity (Wildman–Crippen MR) is 94.3 cm³/mol. The number of nitrogens with one attached hydrogen (secondary N) is 1. The number of piperidine rings is 1. The van der Waals surface area contributed by atoms with Crippen molar-refractivity contribution in [2.45, 2.75) is 25.1 Å². The first-order chi connectivity index (χ1) is 13.4. The molecule has 28 heavy (non-hydrogen) atoms. The minimum absolute atomic E-state index is 0.250. The van der Waals surface area contributed by atoms with Crippen LogP contribution in [0.5, 0.6) is 11.8 Å². The Morgan fingerprint density at radius 3 is 2.50 bits per heavy atom. The van der Waals surface area contributed by atoms with E-state index in [1.165, 1.54) is 31.6 Å². The van der Waals surface area contributed by atoms with Gasteiger partial charge >= 0.3 is 12.2 Å². The van der Waals surface area contributed by atoms with E-state index in [4.69, 9.17) is 9.47 Å². The van der Waals surface area contributed by atoms with E-state index in [9.17, 15) is 18.0 Å². The van der Waals surface area contributed by atoms with Gasteiger partial charge in [-0.15, -0.1) is 0 Å². The number of likely N-dealkylation sites (tertiary alicyclic amines) is 1. The van der Waals surface area contributed by atoms with Crippen molar-refractivity contribution in [1.29, 1.82) is 0 Å². The van der Waals surface area contributed by atoms with Crippen LogP contribution < -0.4 is 14.8 Å². The Bertz CT molecular complexity index is 814. The van der Waals surface area contributed by atoms with Crippen LogP contribution >= 0.6 is 0 Å². The maximum atomic E-state index is 12.6. The summed E-state index contributed by atoms with van der Waals surface area (Å²) in [5.74, 6) is 0.508. The molecule has 2 amide bonds.